The first-order valence-electron chi connectivity index (χ1n) is 11.2. The van der Waals surface area contributed by atoms with Gasteiger partial charge < -0.3 is 9.97 Å². The Bertz CT molecular complexity index is 1530. The van der Waals surface area contributed by atoms with E-state index in [4.69, 9.17) is 9.97 Å². The second-order valence-electron chi connectivity index (χ2n) is 8.62. The molecule has 5 heterocycles. The molecule has 3 aromatic heterocycles. The first kappa shape index (κ1) is 19.5. The van der Waals surface area contributed by atoms with Crippen LogP contribution in [0.25, 0.3) is 57.5 Å². The molecule has 0 amide bonds. The van der Waals surface area contributed by atoms with E-state index in [1.165, 1.54) is 0 Å². The topological polar surface area (TPSA) is 57.4 Å². The molecule has 4 aromatic rings. The van der Waals surface area contributed by atoms with Gasteiger partial charge in [0.25, 0.3) is 0 Å². The number of rotatable bonds is 1. The summed E-state index contributed by atoms with van der Waals surface area (Å²) in [7, 11) is 0. The lowest BCUT2D eigenvalue weighted by Crippen LogP contribution is -1.88. The van der Waals surface area contributed by atoms with E-state index in [9.17, 15) is 0 Å². The number of nitrogens with one attached hydrogen (secondary N) is 2. The maximum absolute atomic E-state index is 4.92. The predicted octanol–water partition coefficient (Wildman–Crippen LogP) is 7.25. The molecule has 4 nitrogen and oxygen atoms in total. The van der Waals surface area contributed by atoms with Crippen molar-refractivity contribution in [3.8, 4) is 11.1 Å². The van der Waals surface area contributed by atoms with Crippen LogP contribution < -0.4 is 0 Å². The summed E-state index contributed by atoms with van der Waals surface area (Å²) in [6, 6.07) is 19.1. The molecule has 1 aromatic carbocycles. The van der Waals surface area contributed by atoms with Crippen LogP contribution in [0.3, 0.4) is 0 Å². The van der Waals surface area contributed by atoms with E-state index in [2.05, 4.69) is 104 Å². The highest BCUT2D eigenvalue weighted by Gasteiger charge is 2.12. The summed E-state index contributed by atoms with van der Waals surface area (Å²) in [5, 5.41) is 0. The smallest absolute Gasteiger partial charge is 0.0688 e. The number of aryl methyl sites for hydroxylation is 2. The number of aromatic amines is 2. The first-order valence-corrected chi connectivity index (χ1v) is 11.2. The molecule has 0 aliphatic carbocycles. The Morgan fingerprint density at radius 2 is 0.909 bits per heavy atom. The van der Waals surface area contributed by atoms with Gasteiger partial charge >= 0.3 is 0 Å². The van der Waals surface area contributed by atoms with E-state index in [1.54, 1.807) is 0 Å². The van der Waals surface area contributed by atoms with Gasteiger partial charge in [0.1, 0.15) is 0 Å². The number of fused-ring (bicyclic) bond motifs is 8. The van der Waals surface area contributed by atoms with E-state index in [0.717, 1.165) is 72.7 Å². The normalized spacial score (nSPS) is 12.5. The Hall–Kier alpha value is -4.18. The minimum Gasteiger partial charge on any atom is -0.355 e. The fraction of sp³-hybridized carbons (Fsp3) is 0.103. The van der Waals surface area contributed by atoms with Gasteiger partial charge in [-0.15, -0.1) is 0 Å². The van der Waals surface area contributed by atoms with Gasteiger partial charge in [0.15, 0.2) is 0 Å². The Kier molecular flexibility index (Phi) is 4.40. The van der Waals surface area contributed by atoms with E-state index in [-0.39, 0.29) is 0 Å². The summed E-state index contributed by atoms with van der Waals surface area (Å²) < 4.78 is 0. The van der Waals surface area contributed by atoms with Crippen LogP contribution >= 0.6 is 0 Å². The molecule has 8 bridgehead atoms. The van der Waals surface area contributed by atoms with Gasteiger partial charge in [0.2, 0.25) is 0 Å². The zero-order chi connectivity index (χ0) is 22.5. The minimum absolute atomic E-state index is 0.962. The number of benzene rings is 1. The molecule has 160 valence electrons. The summed E-state index contributed by atoms with van der Waals surface area (Å²) in [6.45, 7) is 6.32. The fourth-order valence-corrected chi connectivity index (χ4v) is 4.55. The summed E-state index contributed by atoms with van der Waals surface area (Å²) in [5.74, 6) is 0. The van der Waals surface area contributed by atoms with E-state index < -0.39 is 0 Å². The molecule has 0 saturated carbocycles. The first-order chi connectivity index (χ1) is 16.1. The largest absolute Gasteiger partial charge is 0.355 e. The summed E-state index contributed by atoms with van der Waals surface area (Å²) in [6.07, 6.45) is 8.35. The van der Waals surface area contributed by atoms with Crippen molar-refractivity contribution in [1.29, 1.82) is 0 Å². The van der Waals surface area contributed by atoms with Crippen molar-refractivity contribution in [2.45, 2.75) is 20.8 Å². The SMILES string of the molecule is Cc1c2nc(c(C)c3ccc([nH]3)c(-c3ccccc3)c3ccc([nH]3)c(C)c3nc1C=C3)C=C2. The van der Waals surface area contributed by atoms with Crippen molar-refractivity contribution in [2.75, 3.05) is 0 Å². The molecule has 4 heteroatoms. The number of hydrogen-bond donors (Lipinski definition) is 2. The second kappa shape index (κ2) is 7.45. The average Bonchev–Trinajstić information content (AvgIpc) is 3.65. The number of nitrogens with zero attached hydrogens (tertiary/aromatic N) is 2. The molecule has 0 unspecified atom stereocenters. The monoisotopic (exact) mass is 428 g/mol. The molecule has 0 fully saturated rings. The van der Waals surface area contributed by atoms with E-state index in [0.29, 0.717) is 0 Å². The Morgan fingerprint density at radius 1 is 0.485 bits per heavy atom. The van der Waals surface area contributed by atoms with Gasteiger partial charge in [0.05, 0.1) is 22.8 Å². The Balaban J connectivity index is 1.80. The van der Waals surface area contributed by atoms with Gasteiger partial charge in [-0.1, -0.05) is 30.3 Å². The zero-order valence-corrected chi connectivity index (χ0v) is 18.9. The summed E-state index contributed by atoms with van der Waals surface area (Å²) in [5.41, 5.74) is 13.7. The fourth-order valence-electron chi connectivity index (χ4n) is 4.55. The predicted molar refractivity (Wildman–Crippen MR) is 139 cm³/mol. The van der Waals surface area contributed by atoms with Gasteiger partial charge in [-0.2, -0.15) is 0 Å². The molecular weight excluding hydrogens is 404 g/mol. The maximum atomic E-state index is 4.92. The van der Waals surface area contributed by atoms with Crippen LogP contribution in [-0.2, 0) is 0 Å². The minimum atomic E-state index is 0.962. The molecule has 6 rings (SSSR count). The van der Waals surface area contributed by atoms with Crippen molar-refractivity contribution in [3.05, 3.63) is 94.1 Å². The van der Waals surface area contributed by atoms with Crippen molar-refractivity contribution >= 4 is 46.4 Å². The van der Waals surface area contributed by atoms with Gasteiger partial charge in [-0.05, 0) is 86.0 Å². The molecule has 33 heavy (non-hydrogen) atoms. The van der Waals surface area contributed by atoms with Crippen LogP contribution in [0.15, 0.2) is 54.6 Å². The lowest BCUT2D eigenvalue weighted by atomic mass is 10.1. The molecule has 2 aliphatic rings. The zero-order valence-electron chi connectivity index (χ0n) is 18.9. The standard InChI is InChI=1S/C29H24N4/c1-17-21-9-11-23(30-21)18(2)25-13-15-27(32-25)29(20-7-5-4-6-8-20)28-16-14-26(33-28)19(3)24-12-10-22(17)31-24/h4-16,32-33H,1-3H3. The molecule has 0 saturated heterocycles. The van der Waals surface area contributed by atoms with Crippen LogP contribution in [-0.4, -0.2) is 19.9 Å². The lowest BCUT2D eigenvalue weighted by molar-refractivity contribution is 1.19. The third-order valence-corrected chi connectivity index (χ3v) is 6.60. The highest BCUT2D eigenvalue weighted by Crippen LogP contribution is 2.30. The van der Waals surface area contributed by atoms with E-state index in [1.807, 2.05) is 6.07 Å². The number of hydrogen-bond acceptors (Lipinski definition) is 2. The molecule has 0 spiro atoms. The number of aromatic nitrogens is 4. The lowest BCUT2D eigenvalue weighted by Gasteiger charge is -2.03. The third kappa shape index (κ3) is 3.23. The highest BCUT2D eigenvalue weighted by atomic mass is 14.8. The molecule has 2 N–H and O–H groups in total. The second-order valence-corrected chi connectivity index (χ2v) is 8.62. The quantitative estimate of drug-likeness (QED) is 0.290. The van der Waals surface area contributed by atoms with E-state index >= 15 is 0 Å². The van der Waals surface area contributed by atoms with Crippen molar-refractivity contribution in [1.82, 2.24) is 19.9 Å². The van der Waals surface area contributed by atoms with Crippen LogP contribution in [0.5, 0.6) is 0 Å². The molecule has 0 radical (unpaired) electrons. The third-order valence-electron chi connectivity index (χ3n) is 6.60. The molecule has 0 atom stereocenters. The van der Waals surface area contributed by atoms with Gasteiger partial charge in [-0.3, -0.25) is 0 Å². The van der Waals surface area contributed by atoms with Crippen LogP contribution in [0.1, 0.15) is 39.5 Å². The van der Waals surface area contributed by atoms with Gasteiger partial charge in [-0.25, -0.2) is 9.97 Å². The van der Waals surface area contributed by atoms with Gasteiger partial charge in [0, 0.05) is 33.2 Å². The van der Waals surface area contributed by atoms with Crippen LogP contribution in [0.2, 0.25) is 0 Å². The average molecular weight is 429 g/mol. The number of H-pyrrole nitrogens is 2. The Morgan fingerprint density at radius 3 is 1.39 bits per heavy atom. The van der Waals surface area contributed by atoms with Crippen molar-refractivity contribution in [3.63, 3.8) is 0 Å². The van der Waals surface area contributed by atoms with Crippen LogP contribution in [0.4, 0.5) is 0 Å². The van der Waals surface area contributed by atoms with Crippen molar-refractivity contribution in [2.24, 2.45) is 0 Å². The summed E-state index contributed by atoms with van der Waals surface area (Å²) in [4.78, 5) is 17.2. The van der Waals surface area contributed by atoms with Crippen LogP contribution in [0, 0.1) is 20.8 Å². The molecule has 2 aliphatic heterocycles. The highest BCUT2D eigenvalue weighted by molar-refractivity contribution is 5.94. The molecular formula is C29H24N4. The van der Waals surface area contributed by atoms with Crippen molar-refractivity contribution < 1.29 is 0 Å². The summed E-state index contributed by atoms with van der Waals surface area (Å²) >= 11 is 0. The Labute approximate surface area is 192 Å². The maximum Gasteiger partial charge on any atom is 0.0688 e.